The molecule has 1 heterocycles. The number of benzene rings is 1. The summed E-state index contributed by atoms with van der Waals surface area (Å²) in [6, 6.07) is 5.38. The number of hydrogen-bond acceptors (Lipinski definition) is 2. The minimum Gasteiger partial charge on any atom is -0.384 e. The van der Waals surface area contributed by atoms with Crippen LogP contribution in [0.5, 0.6) is 0 Å². The van der Waals surface area contributed by atoms with E-state index in [4.69, 9.17) is 5.73 Å². The Balaban J connectivity index is 2.38. The lowest BCUT2D eigenvalue weighted by molar-refractivity contribution is -0.253. The maximum absolute atomic E-state index is 12.6. The maximum Gasteiger partial charge on any atom is 0.404 e. The average molecular weight is 323 g/mol. The molecule has 22 heavy (non-hydrogen) atoms. The predicted octanol–water partition coefficient (Wildman–Crippen LogP) is 3.88. The number of rotatable bonds is 2. The average Bonchev–Trinajstić information content (AvgIpc) is 2.67. The van der Waals surface area contributed by atoms with E-state index < -0.39 is 23.8 Å². The number of aryl methyl sites for hydroxylation is 1. The first-order valence-corrected chi connectivity index (χ1v) is 6.03. The Bertz CT molecular complexity index is 620. The molecule has 0 aliphatic rings. The van der Waals surface area contributed by atoms with Gasteiger partial charge in [-0.15, -0.1) is 0 Å². The van der Waals surface area contributed by atoms with Gasteiger partial charge in [0.25, 0.3) is 0 Å². The van der Waals surface area contributed by atoms with Gasteiger partial charge in [0, 0.05) is 18.7 Å². The highest BCUT2D eigenvalue weighted by molar-refractivity contribution is 5.62. The molecular weight excluding hydrogens is 312 g/mol. The number of halogens is 6. The molecular formula is C13H11F6N3. The minimum absolute atomic E-state index is 0.322. The number of anilines is 1. The van der Waals surface area contributed by atoms with Gasteiger partial charge in [0.15, 0.2) is 5.92 Å². The topological polar surface area (TPSA) is 43.8 Å². The van der Waals surface area contributed by atoms with Gasteiger partial charge in [-0.3, -0.25) is 4.68 Å². The van der Waals surface area contributed by atoms with E-state index in [1.54, 1.807) is 7.05 Å². The molecule has 0 amide bonds. The largest absolute Gasteiger partial charge is 0.404 e. The zero-order valence-corrected chi connectivity index (χ0v) is 11.2. The molecule has 0 aliphatic heterocycles. The van der Waals surface area contributed by atoms with Gasteiger partial charge in [-0.2, -0.15) is 31.4 Å². The molecule has 1 aromatic heterocycles. The van der Waals surface area contributed by atoms with E-state index in [1.165, 1.54) is 10.7 Å². The Morgan fingerprint density at radius 1 is 1.00 bits per heavy atom. The fourth-order valence-corrected chi connectivity index (χ4v) is 2.03. The smallest absolute Gasteiger partial charge is 0.384 e. The molecule has 3 nitrogen and oxygen atoms in total. The third-order valence-electron chi connectivity index (χ3n) is 3.11. The molecule has 2 aromatic rings. The SMILES string of the molecule is Cn1nc(-c2ccc(C(C(F)(F)F)C(F)(F)F)cc2)cc1N. The summed E-state index contributed by atoms with van der Waals surface area (Å²) in [5.74, 6) is -3.19. The molecule has 0 saturated heterocycles. The Morgan fingerprint density at radius 3 is 1.86 bits per heavy atom. The summed E-state index contributed by atoms with van der Waals surface area (Å²) in [5, 5.41) is 4.00. The van der Waals surface area contributed by atoms with Crippen molar-refractivity contribution in [2.45, 2.75) is 18.3 Å². The molecule has 0 saturated carbocycles. The molecule has 1 aromatic carbocycles. The van der Waals surface area contributed by atoms with Crippen LogP contribution in [-0.2, 0) is 7.05 Å². The normalized spacial score (nSPS) is 12.9. The van der Waals surface area contributed by atoms with Crippen LogP contribution < -0.4 is 5.73 Å². The second-order valence-corrected chi connectivity index (χ2v) is 4.72. The van der Waals surface area contributed by atoms with Crippen LogP contribution in [0.1, 0.15) is 11.5 Å². The van der Waals surface area contributed by atoms with Crippen molar-refractivity contribution in [3.05, 3.63) is 35.9 Å². The maximum atomic E-state index is 12.6. The number of nitrogen functional groups attached to an aromatic ring is 1. The summed E-state index contributed by atoms with van der Waals surface area (Å²) in [5.41, 5.74) is 5.44. The number of aromatic nitrogens is 2. The van der Waals surface area contributed by atoms with Crippen LogP contribution in [0, 0.1) is 0 Å². The predicted molar refractivity (Wildman–Crippen MR) is 67.9 cm³/mol. The highest BCUT2D eigenvalue weighted by Gasteiger charge is 2.57. The van der Waals surface area contributed by atoms with Crippen LogP contribution in [0.15, 0.2) is 30.3 Å². The lowest BCUT2D eigenvalue weighted by atomic mass is 9.96. The number of hydrogen-bond donors (Lipinski definition) is 1. The van der Waals surface area contributed by atoms with Gasteiger partial charge >= 0.3 is 12.4 Å². The summed E-state index contributed by atoms with van der Waals surface area (Å²) < 4.78 is 77.1. The summed E-state index contributed by atoms with van der Waals surface area (Å²) in [7, 11) is 1.57. The third kappa shape index (κ3) is 3.18. The molecule has 2 rings (SSSR count). The van der Waals surface area contributed by atoms with Crippen molar-refractivity contribution in [1.29, 1.82) is 0 Å². The third-order valence-corrected chi connectivity index (χ3v) is 3.11. The van der Waals surface area contributed by atoms with Crippen LogP contribution in [-0.4, -0.2) is 22.1 Å². The molecule has 0 unspecified atom stereocenters. The first kappa shape index (κ1) is 16.2. The van der Waals surface area contributed by atoms with E-state index >= 15 is 0 Å². The highest BCUT2D eigenvalue weighted by atomic mass is 19.4. The Hall–Kier alpha value is -2.19. The molecule has 120 valence electrons. The zero-order valence-electron chi connectivity index (χ0n) is 11.2. The Kier molecular flexibility index (Phi) is 3.84. The summed E-state index contributed by atoms with van der Waals surface area (Å²) in [6.45, 7) is 0. The molecule has 0 aliphatic carbocycles. The zero-order chi connectivity index (χ0) is 16.7. The summed E-state index contributed by atoms with van der Waals surface area (Å²) in [6.07, 6.45) is -10.8. The first-order valence-electron chi connectivity index (χ1n) is 6.03. The van der Waals surface area contributed by atoms with Crippen molar-refractivity contribution in [1.82, 2.24) is 9.78 Å². The number of alkyl halides is 6. The molecule has 2 N–H and O–H groups in total. The van der Waals surface area contributed by atoms with Crippen LogP contribution in [0.2, 0.25) is 0 Å². The van der Waals surface area contributed by atoms with Crippen LogP contribution in [0.25, 0.3) is 11.3 Å². The summed E-state index contributed by atoms with van der Waals surface area (Å²) in [4.78, 5) is 0. The molecule has 0 bridgehead atoms. The summed E-state index contributed by atoms with van der Waals surface area (Å²) >= 11 is 0. The van der Waals surface area contributed by atoms with Gasteiger partial charge in [-0.1, -0.05) is 24.3 Å². The molecule has 0 spiro atoms. The van der Waals surface area contributed by atoms with Gasteiger partial charge in [-0.25, -0.2) is 0 Å². The van der Waals surface area contributed by atoms with E-state index in [1.807, 2.05) is 0 Å². The van der Waals surface area contributed by atoms with Gasteiger partial charge in [0.2, 0.25) is 0 Å². The quantitative estimate of drug-likeness (QED) is 0.853. The lowest BCUT2D eigenvalue weighted by Gasteiger charge is -2.23. The van der Waals surface area contributed by atoms with Gasteiger partial charge < -0.3 is 5.73 Å². The fourth-order valence-electron chi connectivity index (χ4n) is 2.03. The van der Waals surface area contributed by atoms with Crippen molar-refractivity contribution in [3.8, 4) is 11.3 Å². The molecule has 9 heteroatoms. The highest BCUT2D eigenvalue weighted by Crippen LogP contribution is 2.46. The molecule has 0 fully saturated rings. The van der Waals surface area contributed by atoms with Gasteiger partial charge in [0.1, 0.15) is 5.82 Å². The second-order valence-electron chi connectivity index (χ2n) is 4.72. The van der Waals surface area contributed by atoms with Crippen LogP contribution >= 0.6 is 0 Å². The van der Waals surface area contributed by atoms with Crippen LogP contribution in [0.4, 0.5) is 32.2 Å². The van der Waals surface area contributed by atoms with Crippen LogP contribution in [0.3, 0.4) is 0 Å². The van der Waals surface area contributed by atoms with Gasteiger partial charge in [0.05, 0.1) is 5.69 Å². The first-order chi connectivity index (χ1) is 10.00. The number of nitrogens with two attached hydrogens (primary N) is 1. The standard InChI is InChI=1S/C13H11F6N3/c1-22-10(20)6-9(21-22)7-2-4-8(5-3-7)11(12(14,15)16)13(17,18)19/h2-6,11H,20H2,1H3. The number of nitrogens with zero attached hydrogens (tertiary/aromatic N) is 2. The molecule has 0 radical (unpaired) electrons. The van der Waals surface area contributed by atoms with E-state index in [0.29, 0.717) is 17.1 Å². The minimum atomic E-state index is -5.41. The Morgan fingerprint density at radius 2 is 1.50 bits per heavy atom. The van der Waals surface area contributed by atoms with E-state index in [0.717, 1.165) is 24.3 Å². The van der Waals surface area contributed by atoms with Crippen molar-refractivity contribution in [2.75, 3.05) is 5.73 Å². The van der Waals surface area contributed by atoms with Crippen molar-refractivity contribution in [3.63, 3.8) is 0 Å². The van der Waals surface area contributed by atoms with E-state index in [-0.39, 0.29) is 0 Å². The van der Waals surface area contributed by atoms with Crippen molar-refractivity contribution >= 4 is 5.82 Å². The fraction of sp³-hybridized carbons (Fsp3) is 0.308. The van der Waals surface area contributed by atoms with E-state index in [2.05, 4.69) is 5.10 Å². The lowest BCUT2D eigenvalue weighted by Crippen LogP contribution is -2.34. The van der Waals surface area contributed by atoms with Gasteiger partial charge in [-0.05, 0) is 5.56 Å². The monoisotopic (exact) mass is 323 g/mol. The van der Waals surface area contributed by atoms with E-state index in [9.17, 15) is 26.3 Å². The Labute approximate surface area is 121 Å². The van der Waals surface area contributed by atoms with Crippen molar-refractivity contribution in [2.24, 2.45) is 7.05 Å². The molecule has 0 atom stereocenters. The van der Waals surface area contributed by atoms with Crippen molar-refractivity contribution < 1.29 is 26.3 Å². The second kappa shape index (κ2) is 5.22.